The lowest BCUT2D eigenvalue weighted by molar-refractivity contribution is -0.139. The van der Waals surface area contributed by atoms with Gasteiger partial charge in [0.15, 0.2) is 0 Å². The Labute approximate surface area is 149 Å². The molecule has 9 heteroatoms. The number of carboxylic acids is 1. The Kier molecular flexibility index (Phi) is 4.61. The molecule has 1 aliphatic heterocycles. The van der Waals surface area contributed by atoms with Crippen LogP contribution in [0, 0.1) is 6.92 Å². The topological polar surface area (TPSA) is 109 Å². The van der Waals surface area contributed by atoms with Crippen molar-refractivity contribution in [3.8, 4) is 0 Å². The van der Waals surface area contributed by atoms with Crippen molar-refractivity contribution in [3.05, 3.63) is 33.8 Å². The molecule has 0 aromatic carbocycles. The van der Waals surface area contributed by atoms with E-state index in [2.05, 4.69) is 20.9 Å². The molecule has 2 atom stereocenters. The molecule has 8 nitrogen and oxygen atoms in total. The summed E-state index contributed by atoms with van der Waals surface area (Å²) in [5.74, 6) is -0.998. The number of hydrogen-bond donors (Lipinski definition) is 3. The number of carboxylic acid groups (broad SMARTS) is 1. The second-order valence-corrected chi connectivity index (χ2v) is 7.70. The lowest BCUT2D eigenvalue weighted by atomic mass is 10.0. The Morgan fingerprint density at radius 3 is 2.84 bits per heavy atom. The highest BCUT2D eigenvalue weighted by molar-refractivity contribution is 7.12. The number of aliphatic carboxylic acids is 1. The maximum absolute atomic E-state index is 12.5. The minimum Gasteiger partial charge on any atom is -0.480 e. The lowest BCUT2D eigenvalue weighted by Gasteiger charge is -2.23. The van der Waals surface area contributed by atoms with Crippen LogP contribution in [0.15, 0.2) is 17.6 Å². The van der Waals surface area contributed by atoms with E-state index in [-0.39, 0.29) is 11.9 Å². The fourth-order valence-electron chi connectivity index (χ4n) is 2.86. The first-order valence-electron chi connectivity index (χ1n) is 8.03. The van der Waals surface area contributed by atoms with Gasteiger partial charge in [-0.3, -0.25) is 9.59 Å². The number of hydrogen-bond acceptors (Lipinski definition) is 6. The van der Waals surface area contributed by atoms with Gasteiger partial charge in [-0.05, 0) is 44.2 Å². The monoisotopic (exact) mass is 363 g/mol. The molecule has 134 valence electrons. The van der Waals surface area contributed by atoms with Crippen molar-refractivity contribution in [2.75, 3.05) is 6.54 Å². The highest BCUT2D eigenvalue weighted by atomic mass is 32.1. The van der Waals surface area contributed by atoms with Gasteiger partial charge in [0.1, 0.15) is 11.7 Å². The molecule has 2 aromatic heterocycles. The number of thiophene rings is 1. The molecular formula is C16H21N5O3S. The molecule has 0 spiro atoms. The summed E-state index contributed by atoms with van der Waals surface area (Å²) in [6.07, 6.45) is 2.23. The molecule has 1 saturated heterocycles. The van der Waals surface area contributed by atoms with Crippen molar-refractivity contribution < 1.29 is 14.7 Å². The molecule has 3 heterocycles. The van der Waals surface area contributed by atoms with E-state index in [1.807, 2.05) is 32.2 Å². The molecule has 2 aromatic rings. The van der Waals surface area contributed by atoms with Crippen molar-refractivity contribution in [3.63, 3.8) is 0 Å². The van der Waals surface area contributed by atoms with Crippen LogP contribution in [0.25, 0.3) is 0 Å². The van der Waals surface area contributed by atoms with Crippen molar-refractivity contribution in [2.24, 2.45) is 0 Å². The molecule has 1 fully saturated rings. The first-order chi connectivity index (χ1) is 11.8. The predicted octanol–water partition coefficient (Wildman–Crippen LogP) is 1.30. The van der Waals surface area contributed by atoms with Crippen LogP contribution in [-0.4, -0.2) is 44.6 Å². The summed E-state index contributed by atoms with van der Waals surface area (Å²) in [5.41, 5.74) is 0.886. The second-order valence-electron chi connectivity index (χ2n) is 6.78. The van der Waals surface area contributed by atoms with Crippen LogP contribution in [-0.2, 0) is 10.3 Å². The maximum Gasteiger partial charge on any atom is 0.320 e. The number of aromatic nitrogens is 3. The van der Waals surface area contributed by atoms with Crippen LogP contribution >= 0.6 is 11.3 Å². The SMILES string of the molecule is Cc1ccsc1C(=O)NC(C)(C)c1cn([C@@H]2CN[C@H](C(=O)O)C2)nn1. The van der Waals surface area contributed by atoms with E-state index in [0.717, 1.165) is 5.56 Å². The highest BCUT2D eigenvalue weighted by Gasteiger charge is 2.33. The maximum atomic E-state index is 12.5. The summed E-state index contributed by atoms with van der Waals surface area (Å²) in [7, 11) is 0. The summed E-state index contributed by atoms with van der Waals surface area (Å²) >= 11 is 1.40. The molecular weight excluding hydrogens is 342 g/mol. The largest absolute Gasteiger partial charge is 0.480 e. The Bertz CT molecular complexity index is 797. The van der Waals surface area contributed by atoms with Crippen LogP contribution < -0.4 is 10.6 Å². The van der Waals surface area contributed by atoms with E-state index in [1.54, 1.807) is 10.9 Å². The predicted molar refractivity (Wildman–Crippen MR) is 92.7 cm³/mol. The third kappa shape index (κ3) is 3.57. The molecule has 3 N–H and O–H groups in total. The first kappa shape index (κ1) is 17.6. The average Bonchev–Trinajstić information content (AvgIpc) is 3.26. The fraction of sp³-hybridized carbons (Fsp3) is 0.500. The third-order valence-corrected chi connectivity index (χ3v) is 5.44. The second kappa shape index (κ2) is 6.57. The van der Waals surface area contributed by atoms with E-state index in [9.17, 15) is 9.59 Å². The summed E-state index contributed by atoms with van der Waals surface area (Å²) in [6.45, 7) is 6.17. The zero-order chi connectivity index (χ0) is 18.2. The molecule has 0 unspecified atom stereocenters. The Balaban J connectivity index is 1.71. The number of nitrogens with one attached hydrogen (secondary N) is 2. The molecule has 1 amide bonds. The number of amides is 1. The summed E-state index contributed by atoms with van der Waals surface area (Å²) in [6, 6.07) is 1.29. The van der Waals surface area contributed by atoms with Crippen molar-refractivity contribution in [1.82, 2.24) is 25.6 Å². The quantitative estimate of drug-likeness (QED) is 0.739. The number of carbonyl (C=O) groups is 2. The number of carbonyl (C=O) groups excluding carboxylic acids is 1. The molecule has 0 aliphatic carbocycles. The Morgan fingerprint density at radius 2 is 2.24 bits per heavy atom. The standard InChI is InChI=1S/C16H21N5O3S/c1-9-4-5-25-13(9)14(22)18-16(2,3)12-8-21(20-19-12)10-6-11(15(23)24)17-7-10/h4-5,8,10-11,17H,6-7H2,1-3H3,(H,18,22)(H,23,24)/t10-,11-/m0/s1. The van der Waals surface area contributed by atoms with E-state index < -0.39 is 17.6 Å². The first-order valence-corrected chi connectivity index (χ1v) is 8.91. The molecule has 25 heavy (non-hydrogen) atoms. The summed E-state index contributed by atoms with van der Waals surface area (Å²) < 4.78 is 1.68. The molecule has 0 radical (unpaired) electrons. The van der Waals surface area contributed by atoms with E-state index in [0.29, 0.717) is 23.5 Å². The molecule has 1 aliphatic rings. The van der Waals surface area contributed by atoms with E-state index >= 15 is 0 Å². The zero-order valence-corrected chi connectivity index (χ0v) is 15.1. The van der Waals surface area contributed by atoms with Crippen molar-refractivity contribution in [1.29, 1.82) is 0 Å². The summed E-state index contributed by atoms with van der Waals surface area (Å²) in [4.78, 5) is 24.2. The van der Waals surface area contributed by atoms with Crippen molar-refractivity contribution >= 4 is 23.2 Å². The fourth-order valence-corrected chi connectivity index (χ4v) is 3.68. The van der Waals surface area contributed by atoms with E-state index in [4.69, 9.17) is 5.11 Å². The Hall–Kier alpha value is -2.26. The minimum atomic E-state index is -0.859. The average molecular weight is 363 g/mol. The van der Waals surface area contributed by atoms with Gasteiger partial charge < -0.3 is 15.7 Å². The number of aryl methyl sites for hydroxylation is 1. The van der Waals surface area contributed by atoms with Gasteiger partial charge in [0.05, 0.1) is 22.7 Å². The van der Waals surface area contributed by atoms with E-state index in [1.165, 1.54) is 11.3 Å². The van der Waals surface area contributed by atoms with Gasteiger partial charge in [0.2, 0.25) is 0 Å². The molecule has 3 rings (SSSR count). The van der Waals surface area contributed by atoms with Gasteiger partial charge in [-0.25, -0.2) is 4.68 Å². The van der Waals surface area contributed by atoms with Crippen LogP contribution in [0.2, 0.25) is 0 Å². The number of rotatable bonds is 5. The normalized spacial score (nSPS) is 20.6. The van der Waals surface area contributed by atoms with Gasteiger partial charge in [0.25, 0.3) is 5.91 Å². The van der Waals surface area contributed by atoms with Crippen LogP contribution in [0.1, 0.15) is 47.2 Å². The van der Waals surface area contributed by atoms with Gasteiger partial charge in [0, 0.05) is 6.54 Å². The van der Waals surface area contributed by atoms with Gasteiger partial charge in [-0.15, -0.1) is 16.4 Å². The Morgan fingerprint density at radius 1 is 1.48 bits per heavy atom. The number of nitrogens with zero attached hydrogens (tertiary/aromatic N) is 3. The van der Waals surface area contributed by atoms with Gasteiger partial charge in [-0.2, -0.15) is 0 Å². The smallest absolute Gasteiger partial charge is 0.320 e. The minimum absolute atomic E-state index is 0.0617. The summed E-state index contributed by atoms with van der Waals surface area (Å²) in [5, 5.41) is 25.2. The zero-order valence-electron chi connectivity index (χ0n) is 14.3. The third-order valence-electron chi connectivity index (χ3n) is 4.42. The molecule has 0 saturated carbocycles. The van der Waals surface area contributed by atoms with Gasteiger partial charge >= 0.3 is 5.97 Å². The van der Waals surface area contributed by atoms with Gasteiger partial charge in [-0.1, -0.05) is 5.21 Å². The highest BCUT2D eigenvalue weighted by Crippen LogP contribution is 2.24. The van der Waals surface area contributed by atoms with Crippen LogP contribution in [0.5, 0.6) is 0 Å². The van der Waals surface area contributed by atoms with Crippen molar-refractivity contribution in [2.45, 2.75) is 44.8 Å². The lowest BCUT2D eigenvalue weighted by Crippen LogP contribution is -2.41. The van der Waals surface area contributed by atoms with Crippen LogP contribution in [0.3, 0.4) is 0 Å². The van der Waals surface area contributed by atoms with Crippen LogP contribution in [0.4, 0.5) is 0 Å². The molecule has 0 bridgehead atoms.